The number of aliphatic hydroxyl groups is 3. The molecule has 1 amide bonds. The third-order valence-corrected chi connectivity index (χ3v) is 12.0. The molecule has 8 unspecified atom stereocenters. The summed E-state index contributed by atoms with van der Waals surface area (Å²) in [6.45, 7) is 6.49. The summed E-state index contributed by atoms with van der Waals surface area (Å²) in [7, 11) is 3.12. The maximum atomic E-state index is 13.7. The van der Waals surface area contributed by atoms with E-state index in [1.165, 1.54) is 11.3 Å². The molecule has 39 heavy (non-hydrogen) atoms. The van der Waals surface area contributed by atoms with Crippen molar-refractivity contribution in [2.75, 3.05) is 20.8 Å². The minimum Gasteiger partial charge on any atom is -0.390 e. The summed E-state index contributed by atoms with van der Waals surface area (Å²) in [5.74, 6) is -0.540. The van der Waals surface area contributed by atoms with Gasteiger partial charge in [0.15, 0.2) is 12.1 Å². The van der Waals surface area contributed by atoms with Gasteiger partial charge >= 0.3 is 0 Å². The Kier molecular flexibility index (Phi) is 7.66. The first-order chi connectivity index (χ1) is 18.4. The van der Waals surface area contributed by atoms with Crippen LogP contribution in [0.25, 0.3) is 0 Å². The number of allylic oxidation sites excluding steroid dienone is 1. The third kappa shape index (κ3) is 4.35. The first-order valence-corrected chi connectivity index (χ1v) is 15.0. The molecule has 4 aliphatic carbocycles. The lowest BCUT2D eigenvalue weighted by molar-refractivity contribution is -0.154. The van der Waals surface area contributed by atoms with Crippen LogP contribution in [0, 0.1) is 28.6 Å². The van der Waals surface area contributed by atoms with Gasteiger partial charge in [0.1, 0.15) is 0 Å². The zero-order chi connectivity index (χ0) is 28.3. The van der Waals surface area contributed by atoms with E-state index in [0.29, 0.717) is 24.1 Å². The van der Waals surface area contributed by atoms with Crippen molar-refractivity contribution in [2.24, 2.45) is 28.6 Å². The predicted octanol–water partition coefficient (Wildman–Crippen LogP) is 3.40. The Balaban J connectivity index is 1.48. The largest absolute Gasteiger partial charge is 0.390 e. The summed E-state index contributed by atoms with van der Waals surface area (Å²) < 4.78 is 11.0. The fraction of sp³-hybridized carbons (Fsp3) is 0.733. The molecule has 0 radical (unpaired) electrons. The summed E-state index contributed by atoms with van der Waals surface area (Å²) in [5, 5.41) is 35.3. The highest BCUT2D eigenvalue weighted by atomic mass is 32.1. The van der Waals surface area contributed by atoms with E-state index in [0.717, 1.165) is 18.4 Å². The predicted molar refractivity (Wildman–Crippen MR) is 147 cm³/mol. The van der Waals surface area contributed by atoms with Crippen LogP contribution in [0.2, 0.25) is 0 Å². The van der Waals surface area contributed by atoms with Crippen molar-refractivity contribution in [2.45, 2.75) is 89.4 Å². The van der Waals surface area contributed by atoms with E-state index in [9.17, 15) is 24.9 Å². The first kappa shape index (κ1) is 28.9. The summed E-state index contributed by atoms with van der Waals surface area (Å²) in [6, 6.07) is 3.48. The molecule has 3 N–H and O–H groups in total. The minimum atomic E-state index is -1.18. The lowest BCUT2D eigenvalue weighted by Gasteiger charge is -2.60. The number of hydrogen-bond donors (Lipinski definition) is 3. The maximum Gasteiger partial charge on any atom is 0.264 e. The van der Waals surface area contributed by atoms with Crippen molar-refractivity contribution in [1.29, 1.82) is 0 Å². The fourth-order valence-corrected chi connectivity index (χ4v) is 9.46. The molecule has 0 spiro atoms. The van der Waals surface area contributed by atoms with Crippen LogP contribution in [0.4, 0.5) is 0 Å². The Labute approximate surface area is 235 Å². The first-order valence-electron chi connectivity index (χ1n) is 14.2. The fourth-order valence-electron chi connectivity index (χ4n) is 8.78. The zero-order valence-electron chi connectivity index (χ0n) is 23.6. The summed E-state index contributed by atoms with van der Waals surface area (Å²) in [4.78, 5) is 29.6. The molecule has 0 saturated heterocycles. The van der Waals surface area contributed by atoms with Gasteiger partial charge in [0, 0.05) is 31.6 Å². The van der Waals surface area contributed by atoms with E-state index in [-0.39, 0.29) is 48.5 Å². The van der Waals surface area contributed by atoms with Gasteiger partial charge in [-0.3, -0.25) is 9.59 Å². The van der Waals surface area contributed by atoms with E-state index in [4.69, 9.17) is 9.47 Å². The van der Waals surface area contributed by atoms with Crippen LogP contribution >= 0.6 is 11.3 Å². The summed E-state index contributed by atoms with van der Waals surface area (Å²) in [5.41, 5.74) is -1.44. The van der Waals surface area contributed by atoms with Crippen molar-refractivity contribution in [3.05, 3.63) is 34.0 Å². The number of methoxy groups -OCH3 is 2. The van der Waals surface area contributed by atoms with E-state index in [1.54, 1.807) is 20.3 Å². The third-order valence-electron chi connectivity index (χ3n) is 11.1. The quantitative estimate of drug-likeness (QED) is 0.437. The SMILES string of the molecule is COC(CN(C(=O)c1cccs1)C(C)C1CC[C@@]2(O)C3=CC(=O)C4CC(O)C(O)CC4(C)C3CCC12C)OC. The van der Waals surface area contributed by atoms with Gasteiger partial charge in [-0.05, 0) is 85.8 Å². The molecule has 4 aliphatic rings. The van der Waals surface area contributed by atoms with Crippen molar-refractivity contribution < 1.29 is 34.4 Å². The molecule has 0 bridgehead atoms. The number of aliphatic hydroxyl groups excluding tert-OH is 2. The van der Waals surface area contributed by atoms with Gasteiger partial charge in [-0.2, -0.15) is 0 Å². The van der Waals surface area contributed by atoms with Gasteiger partial charge in [0.2, 0.25) is 0 Å². The van der Waals surface area contributed by atoms with Gasteiger partial charge in [-0.25, -0.2) is 0 Å². The molecule has 216 valence electrons. The van der Waals surface area contributed by atoms with Gasteiger partial charge in [0.25, 0.3) is 5.91 Å². The highest BCUT2D eigenvalue weighted by molar-refractivity contribution is 7.12. The van der Waals surface area contributed by atoms with E-state index < -0.39 is 34.9 Å². The second kappa shape index (κ2) is 10.3. The Hall–Kier alpha value is -1.62. The molecule has 5 rings (SSSR count). The number of thiophene rings is 1. The molecule has 9 atom stereocenters. The zero-order valence-corrected chi connectivity index (χ0v) is 24.4. The Morgan fingerprint density at radius 3 is 2.51 bits per heavy atom. The smallest absolute Gasteiger partial charge is 0.264 e. The van der Waals surface area contributed by atoms with Gasteiger partial charge < -0.3 is 29.7 Å². The molecule has 1 aromatic heterocycles. The minimum absolute atomic E-state index is 0.0120. The number of ether oxygens (including phenoxy) is 2. The molecule has 1 heterocycles. The van der Waals surface area contributed by atoms with E-state index in [1.807, 2.05) is 22.4 Å². The molecular formula is C30H43NO7S. The average molecular weight is 562 g/mol. The summed E-state index contributed by atoms with van der Waals surface area (Å²) in [6.07, 6.45) is 2.68. The van der Waals surface area contributed by atoms with E-state index >= 15 is 0 Å². The Morgan fingerprint density at radius 1 is 1.15 bits per heavy atom. The Morgan fingerprint density at radius 2 is 1.87 bits per heavy atom. The molecular weight excluding hydrogens is 518 g/mol. The van der Waals surface area contributed by atoms with Crippen LogP contribution in [0.15, 0.2) is 29.2 Å². The standard InChI is InChI=1S/C30H43NO7S/c1-17(31(16-26(37-4)38-5)27(35)25-7-6-12-39-25)18-9-11-30(36)20-13-22(32)21-14-23(33)24(34)15-28(21,2)19(20)8-10-29(18,30)3/h6-7,12-13,17-19,21,23-24,26,33-34,36H,8-11,14-16H2,1-5H3/t17?,18?,19?,21?,23?,24?,28?,29?,30-/m1/s1. The number of carbonyl (C=O) groups excluding carboxylic acids is 2. The van der Waals surface area contributed by atoms with Crippen LogP contribution in [-0.4, -0.2) is 82.8 Å². The van der Waals surface area contributed by atoms with Gasteiger partial charge in [-0.1, -0.05) is 19.9 Å². The number of amides is 1. The van der Waals surface area contributed by atoms with Crippen molar-refractivity contribution in [3.8, 4) is 0 Å². The second-order valence-corrected chi connectivity index (χ2v) is 13.7. The van der Waals surface area contributed by atoms with Crippen LogP contribution < -0.4 is 0 Å². The summed E-state index contributed by atoms with van der Waals surface area (Å²) >= 11 is 1.40. The molecule has 1 aromatic rings. The van der Waals surface area contributed by atoms with Crippen molar-refractivity contribution in [1.82, 2.24) is 4.90 Å². The Bertz CT molecular complexity index is 1120. The molecule has 3 fully saturated rings. The number of rotatable bonds is 7. The number of nitrogens with zero attached hydrogens (tertiary/aromatic N) is 1. The lowest BCUT2D eigenvalue weighted by Crippen LogP contribution is -2.62. The van der Waals surface area contributed by atoms with E-state index in [2.05, 4.69) is 20.8 Å². The molecule has 8 nitrogen and oxygen atoms in total. The number of hydrogen-bond acceptors (Lipinski definition) is 8. The second-order valence-electron chi connectivity index (χ2n) is 12.7. The topological polar surface area (TPSA) is 117 Å². The number of carbonyl (C=O) groups is 2. The molecule has 0 aliphatic heterocycles. The normalized spacial score (nSPS) is 40.5. The van der Waals surface area contributed by atoms with Gasteiger partial charge in [0.05, 0.1) is 29.2 Å². The molecule has 9 heteroatoms. The van der Waals surface area contributed by atoms with Crippen LogP contribution in [0.1, 0.15) is 69.0 Å². The van der Waals surface area contributed by atoms with Gasteiger partial charge in [-0.15, -0.1) is 11.3 Å². The number of ketones is 1. The highest BCUT2D eigenvalue weighted by Crippen LogP contribution is 2.67. The monoisotopic (exact) mass is 561 g/mol. The highest BCUT2D eigenvalue weighted by Gasteiger charge is 2.67. The van der Waals surface area contributed by atoms with Crippen LogP contribution in [0.3, 0.4) is 0 Å². The van der Waals surface area contributed by atoms with Crippen LogP contribution in [0.5, 0.6) is 0 Å². The van der Waals surface area contributed by atoms with Crippen molar-refractivity contribution >= 4 is 23.0 Å². The lowest BCUT2D eigenvalue weighted by atomic mass is 9.46. The molecule has 0 aromatic carbocycles. The van der Waals surface area contributed by atoms with Crippen LogP contribution in [-0.2, 0) is 14.3 Å². The maximum absolute atomic E-state index is 13.7. The molecule has 3 saturated carbocycles. The van der Waals surface area contributed by atoms with Crippen molar-refractivity contribution in [3.63, 3.8) is 0 Å². The number of fused-ring (bicyclic) bond motifs is 5. The average Bonchev–Trinajstić information content (AvgIpc) is 3.53.